The van der Waals surface area contributed by atoms with Crippen LogP contribution in [0, 0.1) is 0 Å². The summed E-state index contributed by atoms with van der Waals surface area (Å²) in [7, 11) is 0. The fourth-order valence-corrected chi connectivity index (χ4v) is 1.69. The molecule has 2 aromatic rings. The number of nitrogens with one attached hydrogen (secondary N) is 2. The van der Waals surface area contributed by atoms with E-state index in [2.05, 4.69) is 20.3 Å². The summed E-state index contributed by atoms with van der Waals surface area (Å²) in [6.45, 7) is 0.500. The SMILES string of the molecule is O=C(O)c1csc(NCc2ncc[nH]2)n1. The van der Waals surface area contributed by atoms with Crippen molar-refractivity contribution in [2.75, 3.05) is 5.32 Å². The molecule has 6 nitrogen and oxygen atoms in total. The van der Waals surface area contributed by atoms with Crippen molar-refractivity contribution in [3.8, 4) is 0 Å². The minimum atomic E-state index is -1.02. The Hall–Kier alpha value is -1.89. The minimum Gasteiger partial charge on any atom is -0.476 e. The van der Waals surface area contributed by atoms with Crippen molar-refractivity contribution in [3.63, 3.8) is 0 Å². The first kappa shape index (κ1) is 9.66. The maximum absolute atomic E-state index is 10.5. The zero-order valence-electron chi connectivity index (χ0n) is 7.60. The van der Waals surface area contributed by atoms with Crippen LogP contribution in [0.25, 0.3) is 0 Å². The molecule has 2 rings (SSSR count). The van der Waals surface area contributed by atoms with Gasteiger partial charge >= 0.3 is 5.97 Å². The molecule has 0 saturated carbocycles. The Morgan fingerprint density at radius 3 is 3.13 bits per heavy atom. The van der Waals surface area contributed by atoms with E-state index < -0.39 is 5.97 Å². The van der Waals surface area contributed by atoms with Gasteiger partial charge in [0.05, 0.1) is 6.54 Å². The molecule has 3 N–H and O–H groups in total. The normalized spacial score (nSPS) is 10.1. The molecule has 7 heteroatoms. The van der Waals surface area contributed by atoms with Gasteiger partial charge in [0, 0.05) is 17.8 Å². The Balaban J connectivity index is 1.96. The summed E-state index contributed by atoms with van der Waals surface area (Å²) in [6, 6.07) is 0. The monoisotopic (exact) mass is 224 g/mol. The average Bonchev–Trinajstić information content (AvgIpc) is 2.86. The largest absolute Gasteiger partial charge is 0.476 e. The Morgan fingerprint density at radius 1 is 1.67 bits per heavy atom. The van der Waals surface area contributed by atoms with Crippen molar-refractivity contribution in [1.29, 1.82) is 0 Å². The maximum atomic E-state index is 10.5. The van der Waals surface area contributed by atoms with Gasteiger partial charge in [0.15, 0.2) is 10.8 Å². The number of rotatable bonds is 4. The summed E-state index contributed by atoms with van der Waals surface area (Å²) >= 11 is 1.26. The first-order valence-electron chi connectivity index (χ1n) is 4.16. The Morgan fingerprint density at radius 2 is 2.53 bits per heavy atom. The lowest BCUT2D eigenvalue weighted by Crippen LogP contribution is -2.02. The van der Waals surface area contributed by atoms with Gasteiger partial charge in [-0.2, -0.15) is 0 Å². The second kappa shape index (κ2) is 4.09. The maximum Gasteiger partial charge on any atom is 0.355 e. The zero-order chi connectivity index (χ0) is 10.7. The van der Waals surface area contributed by atoms with E-state index in [-0.39, 0.29) is 5.69 Å². The molecule has 0 aliphatic heterocycles. The molecule has 0 bridgehead atoms. The van der Waals surface area contributed by atoms with Crippen LogP contribution < -0.4 is 5.32 Å². The molecule has 0 spiro atoms. The smallest absolute Gasteiger partial charge is 0.355 e. The van der Waals surface area contributed by atoms with Crippen molar-refractivity contribution in [3.05, 3.63) is 29.3 Å². The standard InChI is InChI=1S/C8H8N4O2S/c13-7(14)5-4-15-8(12-5)11-3-6-9-1-2-10-6/h1-2,4H,3H2,(H,9,10)(H,11,12)(H,13,14). The van der Waals surface area contributed by atoms with Gasteiger partial charge in [0.25, 0.3) is 0 Å². The molecule has 0 radical (unpaired) electrons. The molecule has 0 aliphatic rings. The average molecular weight is 224 g/mol. The highest BCUT2D eigenvalue weighted by Gasteiger charge is 2.08. The number of thiazole rings is 1. The fourth-order valence-electron chi connectivity index (χ4n) is 1.01. The molecule has 0 aromatic carbocycles. The Kier molecular flexibility index (Phi) is 2.64. The van der Waals surface area contributed by atoms with Crippen molar-refractivity contribution >= 4 is 22.4 Å². The molecule has 0 atom stereocenters. The molecule has 0 unspecified atom stereocenters. The van der Waals surface area contributed by atoms with Crippen molar-refractivity contribution < 1.29 is 9.90 Å². The summed E-state index contributed by atoms with van der Waals surface area (Å²) in [5, 5.41) is 13.7. The van der Waals surface area contributed by atoms with Crippen LogP contribution in [0.15, 0.2) is 17.8 Å². The lowest BCUT2D eigenvalue weighted by Gasteiger charge is -1.97. The number of imidazole rings is 1. The number of anilines is 1. The van der Waals surface area contributed by atoms with Gasteiger partial charge in [0.1, 0.15) is 5.82 Å². The second-order valence-corrected chi connectivity index (χ2v) is 3.59. The van der Waals surface area contributed by atoms with Gasteiger partial charge in [-0.1, -0.05) is 0 Å². The van der Waals surface area contributed by atoms with Gasteiger partial charge in [-0.05, 0) is 0 Å². The third kappa shape index (κ3) is 2.32. The second-order valence-electron chi connectivity index (χ2n) is 2.73. The summed E-state index contributed by atoms with van der Waals surface area (Å²) in [6.07, 6.45) is 3.38. The van der Waals surface area contributed by atoms with E-state index in [1.165, 1.54) is 16.7 Å². The molecule has 78 valence electrons. The summed E-state index contributed by atoms with van der Waals surface area (Å²) < 4.78 is 0. The lowest BCUT2D eigenvalue weighted by atomic mass is 10.5. The van der Waals surface area contributed by atoms with Gasteiger partial charge in [-0.3, -0.25) is 0 Å². The number of aromatic carboxylic acids is 1. The molecule has 15 heavy (non-hydrogen) atoms. The van der Waals surface area contributed by atoms with Gasteiger partial charge in [0.2, 0.25) is 0 Å². The third-order valence-electron chi connectivity index (χ3n) is 1.69. The van der Waals surface area contributed by atoms with Gasteiger partial charge in [-0.25, -0.2) is 14.8 Å². The quantitative estimate of drug-likeness (QED) is 0.725. The first-order chi connectivity index (χ1) is 7.25. The highest BCUT2D eigenvalue weighted by Crippen LogP contribution is 2.15. The van der Waals surface area contributed by atoms with E-state index >= 15 is 0 Å². The summed E-state index contributed by atoms with van der Waals surface area (Å²) in [5.74, 6) is -0.237. The van der Waals surface area contributed by atoms with Crippen LogP contribution in [0.5, 0.6) is 0 Å². The van der Waals surface area contributed by atoms with Crippen LogP contribution in [0.4, 0.5) is 5.13 Å². The molecule has 0 fully saturated rings. The van der Waals surface area contributed by atoms with Crippen molar-refractivity contribution in [2.24, 2.45) is 0 Å². The Bertz CT molecular complexity index is 451. The number of aromatic nitrogens is 3. The lowest BCUT2D eigenvalue weighted by molar-refractivity contribution is 0.0691. The highest BCUT2D eigenvalue weighted by atomic mass is 32.1. The highest BCUT2D eigenvalue weighted by molar-refractivity contribution is 7.13. The number of hydrogen-bond donors (Lipinski definition) is 3. The van der Waals surface area contributed by atoms with Crippen LogP contribution in [-0.2, 0) is 6.54 Å². The number of carboxylic acids is 1. The van der Waals surface area contributed by atoms with Crippen LogP contribution in [-0.4, -0.2) is 26.0 Å². The van der Waals surface area contributed by atoms with Gasteiger partial charge < -0.3 is 15.4 Å². The number of hydrogen-bond acceptors (Lipinski definition) is 5. The molecular weight excluding hydrogens is 216 g/mol. The molecule has 2 heterocycles. The van der Waals surface area contributed by atoms with Crippen LogP contribution in [0.2, 0.25) is 0 Å². The molecule has 2 aromatic heterocycles. The number of carboxylic acid groups (broad SMARTS) is 1. The van der Waals surface area contributed by atoms with E-state index in [1.54, 1.807) is 12.4 Å². The first-order valence-corrected chi connectivity index (χ1v) is 5.04. The predicted octanol–water partition coefficient (Wildman–Crippen LogP) is 1.18. The van der Waals surface area contributed by atoms with E-state index in [1.807, 2.05) is 0 Å². The van der Waals surface area contributed by atoms with Crippen LogP contribution in [0.1, 0.15) is 16.3 Å². The zero-order valence-corrected chi connectivity index (χ0v) is 8.41. The van der Waals surface area contributed by atoms with Crippen LogP contribution >= 0.6 is 11.3 Å². The Labute approximate surface area is 89.0 Å². The van der Waals surface area contributed by atoms with Crippen molar-refractivity contribution in [2.45, 2.75) is 6.54 Å². The minimum absolute atomic E-state index is 0.0574. The molecule has 0 aliphatic carbocycles. The topological polar surface area (TPSA) is 90.9 Å². The number of carbonyl (C=O) groups is 1. The molecule has 0 saturated heterocycles. The van der Waals surface area contributed by atoms with E-state index in [0.29, 0.717) is 11.7 Å². The summed E-state index contributed by atoms with van der Waals surface area (Å²) in [5.41, 5.74) is 0.0574. The number of nitrogens with zero attached hydrogens (tertiary/aromatic N) is 2. The van der Waals surface area contributed by atoms with Crippen LogP contribution in [0.3, 0.4) is 0 Å². The fraction of sp³-hybridized carbons (Fsp3) is 0.125. The molecule has 0 amide bonds. The predicted molar refractivity (Wildman–Crippen MR) is 55.0 cm³/mol. The number of aromatic amines is 1. The van der Waals surface area contributed by atoms with Crippen molar-refractivity contribution in [1.82, 2.24) is 15.0 Å². The summed E-state index contributed by atoms with van der Waals surface area (Å²) in [4.78, 5) is 21.4. The third-order valence-corrected chi connectivity index (χ3v) is 2.49. The van der Waals surface area contributed by atoms with Gasteiger partial charge in [-0.15, -0.1) is 11.3 Å². The van der Waals surface area contributed by atoms with E-state index in [0.717, 1.165) is 5.82 Å². The number of H-pyrrole nitrogens is 1. The molecular formula is C8H8N4O2S. The van der Waals surface area contributed by atoms with E-state index in [4.69, 9.17) is 5.11 Å². The van der Waals surface area contributed by atoms with E-state index in [9.17, 15) is 4.79 Å².